The fraction of sp³-hybridized carbons (Fsp3) is 0.632. The molecule has 6 heteroatoms. The minimum absolute atomic E-state index is 0.0356. The highest BCUT2D eigenvalue weighted by Gasteiger charge is 2.39. The summed E-state index contributed by atoms with van der Waals surface area (Å²) in [5.74, 6) is 0.215. The van der Waals surface area contributed by atoms with Crippen LogP contribution in [0.15, 0.2) is 18.2 Å². The van der Waals surface area contributed by atoms with Gasteiger partial charge in [-0.2, -0.15) is 0 Å². The lowest BCUT2D eigenvalue weighted by molar-refractivity contribution is -0.132. The van der Waals surface area contributed by atoms with E-state index < -0.39 is 5.60 Å². The number of nitrogens with zero attached hydrogens (tertiary/aromatic N) is 2. The van der Waals surface area contributed by atoms with E-state index in [1.54, 1.807) is 24.0 Å². The van der Waals surface area contributed by atoms with E-state index in [1.165, 1.54) is 19.4 Å². The van der Waals surface area contributed by atoms with Gasteiger partial charge in [-0.05, 0) is 43.5 Å². The van der Waals surface area contributed by atoms with Crippen molar-refractivity contribution in [1.29, 1.82) is 0 Å². The maximum Gasteiger partial charge on any atom is 0.219 e. The number of benzene rings is 1. The SMILES string of the molecule is CC(=O)N1CCN(C2CCC2)C[C@@](O)(COc2ccc(F)c(C)c2)C1. The van der Waals surface area contributed by atoms with Crippen molar-refractivity contribution in [3.63, 3.8) is 0 Å². The van der Waals surface area contributed by atoms with Gasteiger partial charge in [-0.3, -0.25) is 9.69 Å². The molecule has 138 valence electrons. The van der Waals surface area contributed by atoms with Crippen LogP contribution in [-0.4, -0.2) is 65.2 Å². The Morgan fingerprint density at radius 2 is 2.12 bits per heavy atom. The molecular weight excluding hydrogens is 323 g/mol. The average molecular weight is 350 g/mol. The van der Waals surface area contributed by atoms with Crippen LogP contribution >= 0.6 is 0 Å². The first-order valence-electron chi connectivity index (χ1n) is 8.97. The van der Waals surface area contributed by atoms with Gasteiger partial charge < -0.3 is 14.7 Å². The molecule has 0 aromatic heterocycles. The van der Waals surface area contributed by atoms with Crippen molar-refractivity contribution in [3.8, 4) is 5.75 Å². The molecule has 1 heterocycles. The Balaban J connectivity index is 1.71. The Hall–Kier alpha value is -1.66. The van der Waals surface area contributed by atoms with Crippen LogP contribution in [0.2, 0.25) is 0 Å². The average Bonchev–Trinajstić information content (AvgIpc) is 2.67. The Kier molecular flexibility index (Phi) is 5.29. The van der Waals surface area contributed by atoms with Gasteiger partial charge in [-0.1, -0.05) is 6.42 Å². The van der Waals surface area contributed by atoms with E-state index in [4.69, 9.17) is 4.74 Å². The van der Waals surface area contributed by atoms with Crippen molar-refractivity contribution in [2.24, 2.45) is 0 Å². The van der Waals surface area contributed by atoms with Gasteiger partial charge in [0.25, 0.3) is 0 Å². The lowest BCUT2D eigenvalue weighted by Crippen LogP contribution is -2.54. The summed E-state index contributed by atoms with van der Waals surface area (Å²) in [6, 6.07) is 5.05. The summed E-state index contributed by atoms with van der Waals surface area (Å²) in [6.07, 6.45) is 3.52. The molecule has 1 aromatic rings. The maximum absolute atomic E-state index is 13.4. The summed E-state index contributed by atoms with van der Waals surface area (Å²) in [4.78, 5) is 15.8. The van der Waals surface area contributed by atoms with Crippen LogP contribution in [0.3, 0.4) is 0 Å². The first-order chi connectivity index (χ1) is 11.9. The van der Waals surface area contributed by atoms with Crippen LogP contribution in [0.4, 0.5) is 4.39 Å². The van der Waals surface area contributed by atoms with Gasteiger partial charge in [0.05, 0.1) is 6.54 Å². The molecular formula is C19H27FN2O3. The molecule has 2 fully saturated rings. The molecule has 1 amide bonds. The molecule has 1 aliphatic carbocycles. The first kappa shape index (κ1) is 18.1. The fourth-order valence-electron chi connectivity index (χ4n) is 3.54. The van der Waals surface area contributed by atoms with Crippen LogP contribution in [0, 0.1) is 12.7 Å². The normalized spacial score (nSPS) is 25.4. The highest BCUT2D eigenvalue weighted by molar-refractivity contribution is 5.73. The largest absolute Gasteiger partial charge is 0.490 e. The number of rotatable bonds is 4. The Morgan fingerprint density at radius 1 is 1.36 bits per heavy atom. The smallest absolute Gasteiger partial charge is 0.219 e. The zero-order chi connectivity index (χ0) is 18.0. The highest BCUT2D eigenvalue weighted by Crippen LogP contribution is 2.28. The zero-order valence-electron chi connectivity index (χ0n) is 15.0. The summed E-state index contributed by atoms with van der Waals surface area (Å²) < 4.78 is 19.2. The van der Waals surface area contributed by atoms with Gasteiger partial charge in [0, 0.05) is 32.6 Å². The molecule has 5 nitrogen and oxygen atoms in total. The summed E-state index contributed by atoms with van der Waals surface area (Å²) in [5.41, 5.74) is -0.633. The third-order valence-electron chi connectivity index (χ3n) is 5.31. The molecule has 1 saturated heterocycles. The third-order valence-corrected chi connectivity index (χ3v) is 5.31. The summed E-state index contributed by atoms with van der Waals surface area (Å²) in [5, 5.41) is 11.2. The van der Waals surface area contributed by atoms with Gasteiger partial charge in [-0.25, -0.2) is 4.39 Å². The van der Waals surface area contributed by atoms with Crippen molar-refractivity contribution in [3.05, 3.63) is 29.6 Å². The summed E-state index contributed by atoms with van der Waals surface area (Å²) >= 11 is 0. The van der Waals surface area contributed by atoms with E-state index in [-0.39, 0.29) is 24.9 Å². The lowest BCUT2D eigenvalue weighted by atomic mass is 9.90. The van der Waals surface area contributed by atoms with Crippen LogP contribution in [0.5, 0.6) is 5.75 Å². The number of aryl methyl sites for hydroxylation is 1. The summed E-state index contributed by atoms with van der Waals surface area (Å²) in [7, 11) is 0. The van der Waals surface area contributed by atoms with E-state index in [1.807, 2.05) is 0 Å². The maximum atomic E-state index is 13.4. The van der Waals surface area contributed by atoms with Crippen LogP contribution in [-0.2, 0) is 4.79 Å². The number of carbonyl (C=O) groups is 1. The molecule has 3 rings (SSSR count). The van der Waals surface area contributed by atoms with Gasteiger partial charge in [0.2, 0.25) is 5.91 Å². The minimum atomic E-state index is -1.14. The van der Waals surface area contributed by atoms with E-state index in [0.717, 1.165) is 19.4 Å². The van der Waals surface area contributed by atoms with Crippen molar-refractivity contribution in [2.45, 2.75) is 44.8 Å². The topological polar surface area (TPSA) is 53.0 Å². The lowest BCUT2D eigenvalue weighted by Gasteiger charge is -2.40. The van der Waals surface area contributed by atoms with E-state index in [9.17, 15) is 14.3 Å². The number of ether oxygens (including phenoxy) is 1. The Bertz CT molecular complexity index is 635. The standard InChI is InChI=1S/C19H27FN2O3/c1-14-10-17(6-7-18(14)20)25-13-19(24)11-21(15(2)23)8-9-22(12-19)16-4-3-5-16/h6-7,10,16,24H,3-5,8-9,11-13H2,1-2H3/t19-/m1/s1. The predicted octanol–water partition coefficient (Wildman–Crippen LogP) is 1.96. The second-order valence-electron chi connectivity index (χ2n) is 7.42. The Labute approximate surface area is 148 Å². The van der Waals surface area contributed by atoms with Crippen molar-refractivity contribution in [2.75, 3.05) is 32.8 Å². The number of amides is 1. The second kappa shape index (κ2) is 7.30. The molecule has 2 aliphatic rings. The van der Waals surface area contributed by atoms with E-state index in [2.05, 4.69) is 4.90 Å². The van der Waals surface area contributed by atoms with E-state index >= 15 is 0 Å². The number of β-amino-alcohol motifs (C(OH)–C–C–N with tert-alkyl or cyclic N) is 1. The molecule has 25 heavy (non-hydrogen) atoms. The molecule has 0 unspecified atom stereocenters. The number of aliphatic hydroxyl groups is 1. The molecule has 1 atom stereocenters. The van der Waals surface area contributed by atoms with Crippen LogP contribution in [0.25, 0.3) is 0 Å². The van der Waals surface area contributed by atoms with Crippen molar-refractivity contribution >= 4 is 5.91 Å². The number of halogens is 1. The van der Waals surface area contributed by atoms with Gasteiger partial charge in [0.15, 0.2) is 0 Å². The number of carbonyl (C=O) groups excluding carboxylic acids is 1. The molecule has 1 aliphatic heterocycles. The van der Waals surface area contributed by atoms with Gasteiger partial charge in [0.1, 0.15) is 23.8 Å². The fourth-order valence-corrected chi connectivity index (χ4v) is 3.54. The molecule has 1 aromatic carbocycles. The predicted molar refractivity (Wildman–Crippen MR) is 93.0 cm³/mol. The van der Waals surface area contributed by atoms with Crippen molar-refractivity contribution < 1.29 is 19.0 Å². The van der Waals surface area contributed by atoms with Crippen LogP contribution in [0.1, 0.15) is 31.7 Å². The minimum Gasteiger partial charge on any atom is -0.490 e. The van der Waals surface area contributed by atoms with Gasteiger partial charge in [-0.15, -0.1) is 0 Å². The molecule has 0 radical (unpaired) electrons. The second-order valence-corrected chi connectivity index (χ2v) is 7.42. The van der Waals surface area contributed by atoms with E-state index in [0.29, 0.717) is 30.4 Å². The van der Waals surface area contributed by atoms with Gasteiger partial charge >= 0.3 is 0 Å². The molecule has 0 bridgehead atoms. The number of hydrogen-bond donors (Lipinski definition) is 1. The highest BCUT2D eigenvalue weighted by atomic mass is 19.1. The summed E-state index contributed by atoms with van der Waals surface area (Å²) in [6.45, 7) is 5.44. The number of hydrogen-bond acceptors (Lipinski definition) is 4. The van der Waals surface area contributed by atoms with Crippen LogP contribution < -0.4 is 4.74 Å². The molecule has 1 N–H and O–H groups in total. The first-order valence-corrected chi connectivity index (χ1v) is 8.97. The molecule has 1 saturated carbocycles. The zero-order valence-corrected chi connectivity index (χ0v) is 15.0. The Morgan fingerprint density at radius 3 is 2.72 bits per heavy atom. The quantitative estimate of drug-likeness (QED) is 0.902. The third kappa shape index (κ3) is 4.30. The van der Waals surface area contributed by atoms with Crippen molar-refractivity contribution in [1.82, 2.24) is 9.80 Å². The molecule has 0 spiro atoms. The monoisotopic (exact) mass is 350 g/mol.